The standard InChI is InChI=1S/C21H22FN3O3S/c1-29(27,28)14-20-23-18-8-4-5-9-19(18)25(20)13-21(26)24(16-10-11-16)12-15-6-2-3-7-17(15)22/h2-9,16H,10-14H2,1H3. The van der Waals surface area contributed by atoms with E-state index >= 15 is 0 Å². The molecule has 1 aliphatic carbocycles. The third-order valence-corrected chi connectivity index (χ3v) is 5.81. The molecule has 152 valence electrons. The molecule has 1 heterocycles. The average molecular weight is 415 g/mol. The van der Waals surface area contributed by atoms with Gasteiger partial charge in [0.05, 0.1) is 11.0 Å². The number of hydrogen-bond donors (Lipinski definition) is 0. The minimum Gasteiger partial charge on any atom is -0.334 e. The molecule has 2 aromatic carbocycles. The van der Waals surface area contributed by atoms with Crippen LogP contribution < -0.4 is 0 Å². The van der Waals surface area contributed by atoms with Crippen molar-refractivity contribution in [1.82, 2.24) is 14.5 Å². The molecule has 0 atom stereocenters. The fraction of sp³-hybridized carbons (Fsp3) is 0.333. The van der Waals surface area contributed by atoms with Crippen molar-refractivity contribution >= 4 is 26.8 Å². The van der Waals surface area contributed by atoms with Gasteiger partial charge in [0.15, 0.2) is 9.84 Å². The zero-order chi connectivity index (χ0) is 20.6. The van der Waals surface area contributed by atoms with Crippen LogP contribution >= 0.6 is 0 Å². The van der Waals surface area contributed by atoms with E-state index in [4.69, 9.17) is 0 Å². The lowest BCUT2D eigenvalue weighted by Gasteiger charge is -2.23. The molecule has 4 rings (SSSR count). The van der Waals surface area contributed by atoms with Crippen LogP contribution in [-0.2, 0) is 33.5 Å². The van der Waals surface area contributed by atoms with Crippen molar-refractivity contribution in [2.24, 2.45) is 0 Å². The molecule has 0 spiro atoms. The highest BCUT2D eigenvalue weighted by Crippen LogP contribution is 2.29. The number of imidazole rings is 1. The summed E-state index contributed by atoms with van der Waals surface area (Å²) in [5, 5.41) is 0. The van der Waals surface area contributed by atoms with Crippen LogP contribution in [0.2, 0.25) is 0 Å². The molecule has 0 unspecified atom stereocenters. The number of hydrogen-bond acceptors (Lipinski definition) is 4. The second-order valence-corrected chi connectivity index (χ2v) is 9.66. The Balaban J connectivity index is 1.65. The van der Waals surface area contributed by atoms with E-state index in [1.807, 2.05) is 18.2 Å². The molecule has 3 aromatic rings. The van der Waals surface area contributed by atoms with Gasteiger partial charge >= 0.3 is 0 Å². The van der Waals surface area contributed by atoms with E-state index < -0.39 is 9.84 Å². The number of carbonyl (C=O) groups excluding carboxylic acids is 1. The van der Waals surface area contributed by atoms with Crippen LogP contribution in [0.15, 0.2) is 48.5 Å². The topological polar surface area (TPSA) is 72.3 Å². The predicted molar refractivity (Wildman–Crippen MR) is 108 cm³/mol. The van der Waals surface area contributed by atoms with Gasteiger partial charge in [0.25, 0.3) is 0 Å². The Bertz CT molecular complexity index is 1170. The molecule has 1 aliphatic rings. The number of rotatable bonds is 7. The Morgan fingerprint density at radius 3 is 2.55 bits per heavy atom. The van der Waals surface area contributed by atoms with Crippen LogP contribution in [0.4, 0.5) is 4.39 Å². The number of nitrogens with zero attached hydrogens (tertiary/aromatic N) is 3. The van der Waals surface area contributed by atoms with Gasteiger partial charge in [0.1, 0.15) is 23.9 Å². The van der Waals surface area contributed by atoms with Gasteiger partial charge in [-0.1, -0.05) is 30.3 Å². The van der Waals surface area contributed by atoms with Crippen molar-refractivity contribution in [2.75, 3.05) is 6.26 Å². The third kappa shape index (κ3) is 4.48. The molecular formula is C21H22FN3O3S. The number of carbonyl (C=O) groups is 1. The maximum absolute atomic E-state index is 14.1. The predicted octanol–water partition coefficient (Wildman–Crippen LogP) is 2.91. The molecule has 1 saturated carbocycles. The van der Waals surface area contributed by atoms with Crippen LogP contribution in [0.1, 0.15) is 24.2 Å². The summed E-state index contributed by atoms with van der Waals surface area (Å²) in [5.74, 6) is -0.416. The summed E-state index contributed by atoms with van der Waals surface area (Å²) in [5.41, 5.74) is 1.83. The maximum Gasteiger partial charge on any atom is 0.243 e. The summed E-state index contributed by atoms with van der Waals surface area (Å²) in [7, 11) is -3.32. The van der Waals surface area contributed by atoms with Gasteiger partial charge in [-0.3, -0.25) is 4.79 Å². The van der Waals surface area contributed by atoms with Crippen molar-refractivity contribution in [1.29, 1.82) is 0 Å². The molecule has 1 aromatic heterocycles. The quantitative estimate of drug-likeness (QED) is 0.595. The molecule has 1 fully saturated rings. The zero-order valence-electron chi connectivity index (χ0n) is 16.1. The lowest BCUT2D eigenvalue weighted by Crippen LogP contribution is -2.36. The second kappa shape index (κ2) is 7.59. The molecule has 0 bridgehead atoms. The molecule has 29 heavy (non-hydrogen) atoms. The van der Waals surface area contributed by atoms with E-state index in [1.165, 1.54) is 6.07 Å². The number of fused-ring (bicyclic) bond motifs is 1. The number of benzene rings is 2. The van der Waals surface area contributed by atoms with Crippen LogP contribution in [0.25, 0.3) is 11.0 Å². The van der Waals surface area contributed by atoms with Crippen LogP contribution in [0, 0.1) is 5.82 Å². The molecule has 0 radical (unpaired) electrons. The van der Waals surface area contributed by atoms with Crippen molar-refractivity contribution < 1.29 is 17.6 Å². The minimum atomic E-state index is -3.32. The molecule has 0 N–H and O–H groups in total. The van der Waals surface area contributed by atoms with Crippen molar-refractivity contribution in [2.45, 2.75) is 37.7 Å². The Labute approximate surface area is 168 Å². The van der Waals surface area contributed by atoms with Crippen molar-refractivity contribution in [3.63, 3.8) is 0 Å². The summed E-state index contributed by atoms with van der Waals surface area (Å²) in [4.78, 5) is 19.3. The number of aromatic nitrogens is 2. The third-order valence-electron chi connectivity index (χ3n) is 5.02. The lowest BCUT2D eigenvalue weighted by molar-refractivity contribution is -0.133. The first-order valence-electron chi connectivity index (χ1n) is 9.46. The van der Waals surface area contributed by atoms with E-state index in [2.05, 4.69) is 4.98 Å². The van der Waals surface area contributed by atoms with Crippen LogP contribution in [0.3, 0.4) is 0 Å². The summed E-state index contributed by atoms with van der Waals surface area (Å²) >= 11 is 0. The lowest BCUT2D eigenvalue weighted by atomic mass is 10.2. The summed E-state index contributed by atoms with van der Waals surface area (Å²) in [6.07, 6.45) is 2.93. The minimum absolute atomic E-state index is 0.0314. The van der Waals surface area contributed by atoms with Gasteiger partial charge < -0.3 is 9.47 Å². The van der Waals surface area contributed by atoms with Gasteiger partial charge in [0.2, 0.25) is 5.91 Å². The van der Waals surface area contributed by atoms with Gasteiger partial charge in [0, 0.05) is 24.4 Å². The van der Waals surface area contributed by atoms with E-state index in [1.54, 1.807) is 33.7 Å². The van der Waals surface area contributed by atoms with E-state index in [0.717, 1.165) is 19.1 Å². The Hall–Kier alpha value is -2.74. The fourth-order valence-corrected chi connectivity index (χ4v) is 4.18. The smallest absolute Gasteiger partial charge is 0.243 e. The average Bonchev–Trinajstić information content (AvgIpc) is 3.44. The number of sulfone groups is 1. The van der Waals surface area contributed by atoms with E-state index in [9.17, 15) is 17.6 Å². The molecular weight excluding hydrogens is 393 g/mol. The van der Waals surface area contributed by atoms with Crippen LogP contribution in [-0.4, -0.2) is 41.1 Å². The first kappa shape index (κ1) is 19.6. The highest BCUT2D eigenvalue weighted by atomic mass is 32.2. The zero-order valence-corrected chi connectivity index (χ0v) is 16.9. The van der Waals surface area contributed by atoms with Gasteiger partial charge in [-0.2, -0.15) is 0 Å². The first-order valence-corrected chi connectivity index (χ1v) is 11.5. The van der Waals surface area contributed by atoms with Crippen molar-refractivity contribution in [3.8, 4) is 0 Å². The van der Waals surface area contributed by atoms with Gasteiger partial charge in [-0.05, 0) is 31.0 Å². The summed E-state index contributed by atoms with van der Waals surface area (Å²) in [6, 6.07) is 13.8. The van der Waals surface area contributed by atoms with Crippen LogP contribution in [0.5, 0.6) is 0 Å². The SMILES string of the molecule is CS(=O)(=O)Cc1nc2ccccc2n1CC(=O)N(Cc1ccccc1F)C1CC1. The molecule has 8 heteroatoms. The second-order valence-electron chi connectivity index (χ2n) is 7.52. The fourth-order valence-electron chi connectivity index (χ4n) is 3.49. The monoisotopic (exact) mass is 415 g/mol. The maximum atomic E-state index is 14.1. The largest absolute Gasteiger partial charge is 0.334 e. The Kier molecular flexibility index (Phi) is 5.12. The normalized spacial score (nSPS) is 14.3. The molecule has 0 aliphatic heterocycles. The number of para-hydroxylation sites is 2. The van der Waals surface area contributed by atoms with Gasteiger partial charge in [-0.25, -0.2) is 17.8 Å². The number of amides is 1. The summed E-state index contributed by atoms with van der Waals surface area (Å²) in [6.45, 7) is 0.167. The highest BCUT2D eigenvalue weighted by Gasteiger charge is 2.33. The first-order chi connectivity index (χ1) is 13.8. The highest BCUT2D eigenvalue weighted by molar-refractivity contribution is 7.89. The molecule has 1 amide bonds. The Morgan fingerprint density at radius 2 is 1.86 bits per heavy atom. The summed E-state index contributed by atoms with van der Waals surface area (Å²) < 4.78 is 39.5. The Morgan fingerprint density at radius 1 is 1.17 bits per heavy atom. The van der Waals surface area contributed by atoms with Gasteiger partial charge in [-0.15, -0.1) is 0 Å². The van der Waals surface area contributed by atoms with E-state index in [0.29, 0.717) is 22.4 Å². The number of halogens is 1. The van der Waals surface area contributed by atoms with E-state index in [-0.39, 0.29) is 36.6 Å². The van der Waals surface area contributed by atoms with Crippen molar-refractivity contribution in [3.05, 3.63) is 65.7 Å². The molecule has 0 saturated heterocycles. The molecule has 6 nitrogen and oxygen atoms in total.